The number of rotatable bonds is 3. The monoisotopic (exact) mass is 575 g/mol. The standard InChI is InChI=1S/C41H25N3O/c1-41-33-19-18-28(22-31(33)32-20-25(24-42)21-38(39(32)41)45-37-17-8-7-16-34(37)41)35-23-36(44-40(43-35)27-11-3-2-4-12-27)30-15-9-13-26-10-5-6-14-29(26)30/h2-23H,1H3. The molecule has 0 amide bonds. The maximum Gasteiger partial charge on any atom is 0.160 e. The minimum Gasteiger partial charge on any atom is -0.457 e. The fraction of sp³-hybridized carbons (Fsp3) is 0.0488. The SMILES string of the molecule is CC12c3ccccc3Oc3cc(C#N)cc(c31)-c1cc(-c3cc(-c4cccc5ccccc45)nc(-c4ccccc4)n3)ccc12. The highest BCUT2D eigenvalue weighted by Crippen LogP contribution is 2.61. The third-order valence-corrected chi connectivity index (χ3v) is 9.34. The lowest BCUT2D eigenvalue weighted by molar-refractivity contribution is 0.431. The van der Waals surface area contributed by atoms with Crippen LogP contribution in [0.5, 0.6) is 11.5 Å². The molecule has 9 rings (SSSR count). The Labute approximate surface area is 260 Å². The predicted octanol–water partition coefficient (Wildman–Crippen LogP) is 9.94. The van der Waals surface area contributed by atoms with E-state index in [2.05, 4.69) is 91.9 Å². The highest BCUT2D eigenvalue weighted by molar-refractivity contribution is 5.97. The molecule has 6 aromatic carbocycles. The number of nitriles is 1. The topological polar surface area (TPSA) is 58.8 Å². The van der Waals surface area contributed by atoms with E-state index in [-0.39, 0.29) is 0 Å². The van der Waals surface area contributed by atoms with Crippen LogP contribution in [0.25, 0.3) is 55.8 Å². The first-order valence-electron chi connectivity index (χ1n) is 15.1. The maximum absolute atomic E-state index is 9.94. The second-order valence-corrected chi connectivity index (χ2v) is 11.8. The van der Waals surface area contributed by atoms with Gasteiger partial charge in [-0.05, 0) is 64.7 Å². The molecule has 4 heteroatoms. The Morgan fingerprint density at radius 2 is 1.38 bits per heavy atom. The Balaban J connectivity index is 1.29. The minimum atomic E-state index is -0.406. The molecule has 45 heavy (non-hydrogen) atoms. The molecule has 7 aromatic rings. The molecule has 2 aliphatic rings. The summed E-state index contributed by atoms with van der Waals surface area (Å²) < 4.78 is 6.42. The van der Waals surface area contributed by atoms with Crippen molar-refractivity contribution in [3.05, 3.63) is 156 Å². The van der Waals surface area contributed by atoms with Crippen molar-refractivity contribution in [3.8, 4) is 62.6 Å². The van der Waals surface area contributed by atoms with Gasteiger partial charge in [-0.1, -0.05) is 103 Å². The third kappa shape index (κ3) is 3.71. The van der Waals surface area contributed by atoms with E-state index in [1.807, 2.05) is 54.6 Å². The number of aromatic nitrogens is 2. The summed E-state index contributed by atoms with van der Waals surface area (Å²) in [6, 6.07) is 48.0. The van der Waals surface area contributed by atoms with Crippen molar-refractivity contribution < 1.29 is 4.74 Å². The molecule has 1 aliphatic carbocycles. The molecule has 1 aromatic heterocycles. The van der Waals surface area contributed by atoms with Crippen LogP contribution in [0.1, 0.15) is 29.2 Å². The highest BCUT2D eigenvalue weighted by Gasteiger charge is 2.47. The molecule has 0 radical (unpaired) electrons. The van der Waals surface area contributed by atoms with E-state index in [0.717, 1.165) is 67.2 Å². The van der Waals surface area contributed by atoms with Crippen molar-refractivity contribution in [2.75, 3.05) is 0 Å². The van der Waals surface area contributed by atoms with Crippen molar-refractivity contribution in [1.82, 2.24) is 9.97 Å². The lowest BCUT2D eigenvalue weighted by atomic mass is 9.72. The van der Waals surface area contributed by atoms with Crippen LogP contribution >= 0.6 is 0 Å². The van der Waals surface area contributed by atoms with Crippen molar-refractivity contribution in [1.29, 1.82) is 5.26 Å². The van der Waals surface area contributed by atoms with Crippen molar-refractivity contribution in [2.24, 2.45) is 0 Å². The summed E-state index contributed by atoms with van der Waals surface area (Å²) in [4.78, 5) is 10.2. The molecule has 1 aliphatic heterocycles. The number of para-hydroxylation sites is 1. The quantitative estimate of drug-likeness (QED) is 0.210. The average molecular weight is 576 g/mol. The van der Waals surface area contributed by atoms with Crippen LogP contribution in [0.4, 0.5) is 0 Å². The smallest absolute Gasteiger partial charge is 0.160 e. The van der Waals surface area contributed by atoms with Gasteiger partial charge in [0.1, 0.15) is 11.5 Å². The molecule has 1 atom stereocenters. The Kier molecular flexibility index (Phi) is 5.36. The van der Waals surface area contributed by atoms with Crippen LogP contribution in [-0.4, -0.2) is 9.97 Å². The minimum absolute atomic E-state index is 0.406. The summed E-state index contributed by atoms with van der Waals surface area (Å²) in [5, 5.41) is 12.3. The van der Waals surface area contributed by atoms with Gasteiger partial charge >= 0.3 is 0 Å². The largest absolute Gasteiger partial charge is 0.457 e. The fourth-order valence-corrected chi connectivity index (χ4v) is 7.25. The van der Waals surface area contributed by atoms with Crippen molar-refractivity contribution >= 4 is 10.8 Å². The molecule has 0 saturated carbocycles. The molecule has 210 valence electrons. The Bertz CT molecular complexity index is 2380. The van der Waals surface area contributed by atoms with E-state index in [0.29, 0.717) is 11.4 Å². The fourth-order valence-electron chi connectivity index (χ4n) is 7.25. The van der Waals surface area contributed by atoms with Crippen molar-refractivity contribution in [3.63, 3.8) is 0 Å². The van der Waals surface area contributed by atoms with E-state index in [4.69, 9.17) is 14.7 Å². The van der Waals surface area contributed by atoms with Crippen molar-refractivity contribution in [2.45, 2.75) is 12.3 Å². The maximum atomic E-state index is 9.94. The van der Waals surface area contributed by atoms with Gasteiger partial charge in [-0.15, -0.1) is 0 Å². The third-order valence-electron chi connectivity index (χ3n) is 9.34. The number of ether oxygens (including phenoxy) is 1. The first-order chi connectivity index (χ1) is 22.1. The summed E-state index contributed by atoms with van der Waals surface area (Å²) in [7, 11) is 0. The first kappa shape index (κ1) is 25.4. The van der Waals surface area contributed by atoms with E-state index in [1.165, 1.54) is 10.9 Å². The van der Waals surface area contributed by atoms with E-state index in [1.54, 1.807) is 0 Å². The van der Waals surface area contributed by atoms with Gasteiger partial charge in [0, 0.05) is 27.8 Å². The average Bonchev–Trinajstić information content (AvgIpc) is 3.36. The van der Waals surface area contributed by atoms with Crippen LogP contribution in [0.3, 0.4) is 0 Å². The first-order valence-corrected chi connectivity index (χ1v) is 15.1. The van der Waals surface area contributed by atoms with Crippen LogP contribution in [-0.2, 0) is 5.41 Å². The second-order valence-electron chi connectivity index (χ2n) is 11.8. The second kappa shape index (κ2) is 9.47. The summed E-state index contributed by atoms with van der Waals surface area (Å²) in [5.74, 6) is 2.25. The number of nitrogens with zero attached hydrogens (tertiary/aromatic N) is 3. The van der Waals surface area contributed by atoms with E-state index in [9.17, 15) is 5.26 Å². The summed E-state index contributed by atoms with van der Waals surface area (Å²) in [6.45, 7) is 2.27. The van der Waals surface area contributed by atoms with Gasteiger partial charge in [-0.25, -0.2) is 9.97 Å². The molecular formula is C41H25N3O. The van der Waals surface area contributed by atoms with E-state index >= 15 is 0 Å². The Hall–Kier alpha value is -6.05. The molecule has 0 N–H and O–H groups in total. The van der Waals surface area contributed by atoms with Crippen LogP contribution in [0.15, 0.2) is 133 Å². The zero-order chi connectivity index (χ0) is 30.1. The normalized spacial score (nSPS) is 15.5. The van der Waals surface area contributed by atoms with Gasteiger partial charge in [0.25, 0.3) is 0 Å². The number of fused-ring (bicyclic) bond motifs is 6. The van der Waals surface area contributed by atoms with Gasteiger partial charge in [0.2, 0.25) is 0 Å². The zero-order valence-corrected chi connectivity index (χ0v) is 24.5. The molecule has 0 fully saturated rings. The van der Waals surface area contributed by atoms with Gasteiger partial charge in [0.05, 0.1) is 28.4 Å². The van der Waals surface area contributed by atoms with Crippen LogP contribution < -0.4 is 4.74 Å². The number of hydrogen-bond donors (Lipinski definition) is 0. The van der Waals surface area contributed by atoms with Gasteiger partial charge in [0.15, 0.2) is 5.82 Å². The Morgan fingerprint density at radius 3 is 2.27 bits per heavy atom. The Morgan fingerprint density at radius 1 is 0.600 bits per heavy atom. The summed E-state index contributed by atoms with van der Waals surface area (Å²) in [5.41, 5.74) is 10.5. The lowest BCUT2D eigenvalue weighted by Crippen LogP contribution is -2.26. The van der Waals surface area contributed by atoms with Gasteiger partial charge in [-0.2, -0.15) is 5.26 Å². The molecule has 4 nitrogen and oxygen atoms in total. The number of hydrogen-bond acceptors (Lipinski definition) is 4. The van der Waals surface area contributed by atoms with Gasteiger partial charge in [-0.3, -0.25) is 0 Å². The molecule has 0 saturated heterocycles. The lowest BCUT2D eigenvalue weighted by Gasteiger charge is -2.35. The predicted molar refractivity (Wildman–Crippen MR) is 178 cm³/mol. The van der Waals surface area contributed by atoms with Gasteiger partial charge < -0.3 is 4.74 Å². The zero-order valence-electron chi connectivity index (χ0n) is 24.5. The number of benzene rings is 6. The molecule has 2 heterocycles. The summed E-state index contributed by atoms with van der Waals surface area (Å²) >= 11 is 0. The van der Waals surface area contributed by atoms with E-state index < -0.39 is 5.41 Å². The molecule has 0 bridgehead atoms. The molecular weight excluding hydrogens is 550 g/mol. The van der Waals surface area contributed by atoms with Crippen LogP contribution in [0, 0.1) is 11.3 Å². The molecule has 0 spiro atoms. The molecule has 1 unspecified atom stereocenters. The van der Waals surface area contributed by atoms with Crippen LogP contribution in [0.2, 0.25) is 0 Å². The summed E-state index contributed by atoms with van der Waals surface area (Å²) in [6.07, 6.45) is 0. The highest BCUT2D eigenvalue weighted by atomic mass is 16.5.